The maximum atomic E-state index is 12.5. The number of benzene rings is 2. The summed E-state index contributed by atoms with van der Waals surface area (Å²) in [7, 11) is 0. The van der Waals surface area contributed by atoms with Crippen LogP contribution in [0.3, 0.4) is 0 Å². The van der Waals surface area contributed by atoms with Crippen LogP contribution in [0.4, 0.5) is 5.82 Å². The third-order valence-electron chi connectivity index (χ3n) is 5.45. The lowest BCUT2D eigenvalue weighted by atomic mass is 10.1. The molecule has 0 atom stereocenters. The van der Waals surface area contributed by atoms with Crippen molar-refractivity contribution < 1.29 is 9.21 Å². The minimum Gasteiger partial charge on any atom is -0.461 e. The lowest BCUT2D eigenvalue weighted by molar-refractivity contribution is -0.121. The van der Waals surface area contributed by atoms with Gasteiger partial charge in [-0.15, -0.1) is 0 Å². The summed E-state index contributed by atoms with van der Waals surface area (Å²) in [4.78, 5) is 24.3. The molecule has 1 N–H and O–H groups in total. The molecule has 4 rings (SSSR count). The van der Waals surface area contributed by atoms with E-state index in [4.69, 9.17) is 14.4 Å². The van der Waals surface area contributed by atoms with Gasteiger partial charge in [-0.2, -0.15) is 0 Å². The van der Waals surface area contributed by atoms with Crippen LogP contribution < -0.4 is 10.2 Å². The molecular weight excluding hydrogens is 412 g/mol. The summed E-state index contributed by atoms with van der Waals surface area (Å²) in [6.45, 7) is 6.17. The molecule has 6 heteroatoms. The molecule has 0 fully saturated rings. The van der Waals surface area contributed by atoms with Crippen LogP contribution in [0.15, 0.2) is 77.4 Å². The molecule has 2 heterocycles. The number of hydrogen-bond acceptors (Lipinski definition) is 5. The molecule has 0 saturated heterocycles. The van der Waals surface area contributed by atoms with Crippen LogP contribution in [0.25, 0.3) is 22.5 Å². The number of rotatable bonds is 10. The van der Waals surface area contributed by atoms with Gasteiger partial charge in [0.05, 0.1) is 11.8 Å². The van der Waals surface area contributed by atoms with Gasteiger partial charge in [-0.25, -0.2) is 9.97 Å². The number of carbonyl (C=O) groups is 1. The molecule has 2 aromatic heterocycles. The van der Waals surface area contributed by atoms with Crippen molar-refractivity contribution in [3.05, 3.63) is 78.6 Å². The van der Waals surface area contributed by atoms with Crippen molar-refractivity contribution in [1.82, 2.24) is 15.3 Å². The molecule has 6 nitrogen and oxygen atoms in total. The van der Waals surface area contributed by atoms with Crippen LogP contribution in [0, 0.1) is 5.92 Å². The molecule has 170 valence electrons. The first kappa shape index (κ1) is 22.5. The highest BCUT2D eigenvalue weighted by Crippen LogP contribution is 2.28. The highest BCUT2D eigenvalue weighted by Gasteiger charge is 2.18. The molecule has 2 aromatic carbocycles. The van der Waals surface area contributed by atoms with Crippen molar-refractivity contribution in [3.63, 3.8) is 0 Å². The topological polar surface area (TPSA) is 71.3 Å². The van der Waals surface area contributed by atoms with E-state index in [0.717, 1.165) is 29.7 Å². The minimum absolute atomic E-state index is 0.0537. The Morgan fingerprint density at radius 2 is 1.76 bits per heavy atom. The van der Waals surface area contributed by atoms with Gasteiger partial charge in [-0.05, 0) is 42.2 Å². The third-order valence-corrected chi connectivity index (χ3v) is 5.45. The highest BCUT2D eigenvalue weighted by atomic mass is 16.3. The number of hydrogen-bond donors (Lipinski definition) is 1. The Bertz CT molecular complexity index is 1170. The monoisotopic (exact) mass is 442 g/mol. The molecule has 33 heavy (non-hydrogen) atoms. The van der Waals surface area contributed by atoms with E-state index >= 15 is 0 Å². The van der Waals surface area contributed by atoms with Crippen LogP contribution in [-0.2, 0) is 11.2 Å². The summed E-state index contributed by atoms with van der Waals surface area (Å²) in [5, 5.41) is 3.98. The number of para-hydroxylation sites is 1. The number of furan rings is 1. The van der Waals surface area contributed by atoms with E-state index in [-0.39, 0.29) is 5.91 Å². The van der Waals surface area contributed by atoms with Crippen molar-refractivity contribution in [1.29, 1.82) is 0 Å². The van der Waals surface area contributed by atoms with Crippen LogP contribution in [-0.4, -0.2) is 35.5 Å². The number of amides is 1. The Labute approximate surface area is 194 Å². The van der Waals surface area contributed by atoms with Crippen LogP contribution in [0.2, 0.25) is 0 Å². The van der Waals surface area contributed by atoms with Crippen LogP contribution >= 0.6 is 0 Å². The van der Waals surface area contributed by atoms with Crippen molar-refractivity contribution in [2.24, 2.45) is 5.92 Å². The number of nitrogens with one attached hydrogen (secondary N) is 1. The van der Waals surface area contributed by atoms with Gasteiger partial charge < -0.3 is 14.6 Å². The second kappa shape index (κ2) is 10.8. The van der Waals surface area contributed by atoms with Gasteiger partial charge in [-0.3, -0.25) is 4.79 Å². The van der Waals surface area contributed by atoms with E-state index in [9.17, 15) is 4.79 Å². The molecule has 0 aliphatic carbocycles. The number of anilines is 1. The first-order chi connectivity index (χ1) is 16.1. The van der Waals surface area contributed by atoms with Crippen LogP contribution in [0.5, 0.6) is 0 Å². The molecule has 0 radical (unpaired) electrons. The lowest BCUT2D eigenvalue weighted by Crippen LogP contribution is -2.34. The number of nitrogens with zero attached hydrogens (tertiary/aromatic N) is 3. The number of aromatic nitrogens is 2. The quantitative estimate of drug-likeness (QED) is 0.370. The van der Waals surface area contributed by atoms with E-state index in [0.29, 0.717) is 37.0 Å². The van der Waals surface area contributed by atoms with Gasteiger partial charge in [-0.1, -0.05) is 56.3 Å². The number of carbonyl (C=O) groups excluding carboxylic acids is 1. The average molecular weight is 443 g/mol. The zero-order chi connectivity index (χ0) is 23.0. The van der Waals surface area contributed by atoms with Crippen molar-refractivity contribution in [2.75, 3.05) is 24.5 Å². The van der Waals surface area contributed by atoms with E-state index in [1.165, 1.54) is 5.56 Å². The van der Waals surface area contributed by atoms with Crippen molar-refractivity contribution >= 4 is 22.6 Å². The lowest BCUT2D eigenvalue weighted by Gasteiger charge is -2.25. The van der Waals surface area contributed by atoms with E-state index in [2.05, 4.69) is 36.2 Å². The minimum atomic E-state index is 0.0537. The largest absolute Gasteiger partial charge is 0.461 e. The zero-order valence-electron chi connectivity index (χ0n) is 19.2. The molecular formula is C27H30N4O2. The fourth-order valence-corrected chi connectivity index (χ4v) is 3.69. The summed E-state index contributed by atoms with van der Waals surface area (Å²) < 4.78 is 5.58. The second-order valence-electron chi connectivity index (χ2n) is 8.54. The summed E-state index contributed by atoms with van der Waals surface area (Å²) in [6, 6.07) is 22.0. The molecule has 0 spiro atoms. The van der Waals surface area contributed by atoms with Gasteiger partial charge in [0, 0.05) is 31.4 Å². The maximum absolute atomic E-state index is 12.5. The molecule has 0 saturated carbocycles. The Hall–Kier alpha value is -3.67. The second-order valence-corrected chi connectivity index (χ2v) is 8.54. The fraction of sp³-hybridized carbons (Fsp3) is 0.296. The molecule has 0 aliphatic rings. The third kappa shape index (κ3) is 5.98. The van der Waals surface area contributed by atoms with E-state index in [1.807, 2.05) is 54.6 Å². The first-order valence-corrected chi connectivity index (χ1v) is 11.5. The van der Waals surface area contributed by atoms with Gasteiger partial charge in [0.2, 0.25) is 5.91 Å². The normalized spacial score (nSPS) is 11.1. The highest BCUT2D eigenvalue weighted by molar-refractivity contribution is 5.91. The summed E-state index contributed by atoms with van der Waals surface area (Å²) in [5.74, 6) is 2.46. The smallest absolute Gasteiger partial charge is 0.221 e. The molecule has 0 unspecified atom stereocenters. The van der Waals surface area contributed by atoms with E-state index < -0.39 is 0 Å². The fourth-order valence-electron chi connectivity index (χ4n) is 3.69. The van der Waals surface area contributed by atoms with Gasteiger partial charge in [0.1, 0.15) is 5.82 Å². The number of fused-ring (bicyclic) bond motifs is 1. The predicted octanol–water partition coefficient (Wildman–Crippen LogP) is 5.10. The van der Waals surface area contributed by atoms with Crippen molar-refractivity contribution in [2.45, 2.75) is 26.7 Å². The standard InChI is InChI=1S/C27H30N4O2/c1-20(2)19-28-25(32)15-17-31(16-14-21-9-4-3-5-10-21)27-22-11-6-7-12-23(22)29-26(30-27)24-13-8-18-33-24/h3-13,18,20H,14-17,19H2,1-2H3,(H,28,32). The van der Waals surface area contributed by atoms with Crippen LogP contribution in [0.1, 0.15) is 25.8 Å². The Morgan fingerprint density at radius 1 is 0.970 bits per heavy atom. The van der Waals surface area contributed by atoms with Gasteiger partial charge in [0.15, 0.2) is 11.6 Å². The summed E-state index contributed by atoms with van der Waals surface area (Å²) >= 11 is 0. The Balaban J connectivity index is 1.65. The predicted molar refractivity (Wildman–Crippen MR) is 132 cm³/mol. The molecule has 0 aliphatic heterocycles. The Kier molecular flexibility index (Phi) is 7.35. The average Bonchev–Trinajstić information content (AvgIpc) is 3.38. The summed E-state index contributed by atoms with van der Waals surface area (Å²) in [6.07, 6.45) is 2.87. The SMILES string of the molecule is CC(C)CNC(=O)CCN(CCc1ccccc1)c1nc(-c2ccco2)nc2ccccc12. The zero-order valence-corrected chi connectivity index (χ0v) is 19.2. The Morgan fingerprint density at radius 3 is 2.52 bits per heavy atom. The summed E-state index contributed by atoms with van der Waals surface area (Å²) in [5.41, 5.74) is 2.10. The molecule has 4 aromatic rings. The van der Waals surface area contributed by atoms with Gasteiger partial charge >= 0.3 is 0 Å². The molecule has 1 amide bonds. The first-order valence-electron chi connectivity index (χ1n) is 11.5. The maximum Gasteiger partial charge on any atom is 0.221 e. The molecule has 0 bridgehead atoms. The van der Waals surface area contributed by atoms with E-state index in [1.54, 1.807) is 6.26 Å². The van der Waals surface area contributed by atoms with Crippen molar-refractivity contribution in [3.8, 4) is 11.6 Å². The van der Waals surface area contributed by atoms with Gasteiger partial charge in [0.25, 0.3) is 0 Å².